The van der Waals surface area contributed by atoms with E-state index in [0.717, 1.165) is 38.9 Å². The minimum Gasteiger partial charge on any atom is -0.481 e. The van der Waals surface area contributed by atoms with E-state index < -0.39 is 11.4 Å². The molecule has 0 aliphatic carbocycles. The molecular formula is C31H36N4O4. The van der Waals surface area contributed by atoms with Gasteiger partial charge in [-0.1, -0.05) is 60.7 Å². The van der Waals surface area contributed by atoms with E-state index >= 15 is 0 Å². The quantitative estimate of drug-likeness (QED) is 0.270. The zero-order valence-corrected chi connectivity index (χ0v) is 22.6. The molecule has 8 heteroatoms. The van der Waals surface area contributed by atoms with Gasteiger partial charge >= 0.3 is 5.97 Å². The SMILES string of the molecule is CC(C)(C(=O)O)c1cn2nc(OCCCN3CCC(OC(c4ccccc4)c4ccccc4)CC3)ccc2n1. The maximum Gasteiger partial charge on any atom is 0.315 e. The number of nitrogens with zero attached hydrogens (tertiary/aromatic N) is 4. The van der Waals surface area contributed by atoms with Gasteiger partial charge in [-0.2, -0.15) is 0 Å². The number of rotatable bonds is 11. The fraction of sp³-hybridized carbons (Fsp3) is 0.387. The lowest BCUT2D eigenvalue weighted by molar-refractivity contribution is -0.142. The molecule has 2 aromatic carbocycles. The van der Waals surface area contributed by atoms with E-state index in [1.807, 2.05) is 12.1 Å². The number of carbonyl (C=O) groups is 1. The highest BCUT2D eigenvalue weighted by molar-refractivity contribution is 5.79. The molecule has 0 amide bonds. The lowest BCUT2D eigenvalue weighted by Crippen LogP contribution is -2.38. The Balaban J connectivity index is 1.08. The van der Waals surface area contributed by atoms with E-state index in [1.54, 1.807) is 36.7 Å². The topological polar surface area (TPSA) is 89.2 Å². The molecule has 3 heterocycles. The molecule has 0 radical (unpaired) electrons. The molecule has 39 heavy (non-hydrogen) atoms. The molecule has 1 aliphatic rings. The highest BCUT2D eigenvalue weighted by atomic mass is 16.5. The van der Waals surface area contributed by atoms with Crippen LogP contribution in [0.2, 0.25) is 0 Å². The van der Waals surface area contributed by atoms with Gasteiger partial charge in [0.25, 0.3) is 0 Å². The van der Waals surface area contributed by atoms with E-state index in [4.69, 9.17) is 9.47 Å². The van der Waals surface area contributed by atoms with Gasteiger partial charge in [-0.3, -0.25) is 4.79 Å². The number of imidazole rings is 1. The summed E-state index contributed by atoms with van der Waals surface area (Å²) in [6.45, 7) is 6.78. The van der Waals surface area contributed by atoms with Gasteiger partial charge in [-0.05, 0) is 50.3 Å². The summed E-state index contributed by atoms with van der Waals surface area (Å²) in [4.78, 5) is 18.4. The Labute approximate surface area is 229 Å². The Hall–Kier alpha value is -3.75. The molecule has 1 saturated heterocycles. The third-order valence-corrected chi connectivity index (χ3v) is 7.41. The van der Waals surface area contributed by atoms with Gasteiger partial charge in [-0.15, -0.1) is 5.10 Å². The number of aromatic nitrogens is 3. The molecule has 0 bridgehead atoms. The molecule has 5 rings (SSSR count). The summed E-state index contributed by atoms with van der Waals surface area (Å²) >= 11 is 0. The van der Waals surface area contributed by atoms with Crippen LogP contribution in [0.1, 0.15) is 56.0 Å². The molecule has 0 saturated carbocycles. The van der Waals surface area contributed by atoms with Crippen molar-refractivity contribution in [1.82, 2.24) is 19.5 Å². The van der Waals surface area contributed by atoms with E-state index in [2.05, 4.69) is 63.5 Å². The predicted octanol–water partition coefficient (Wildman–Crippen LogP) is 5.13. The first-order valence-corrected chi connectivity index (χ1v) is 13.6. The van der Waals surface area contributed by atoms with Crippen LogP contribution in [-0.2, 0) is 14.9 Å². The third-order valence-electron chi connectivity index (χ3n) is 7.41. The molecule has 0 spiro atoms. The molecule has 8 nitrogen and oxygen atoms in total. The highest BCUT2D eigenvalue weighted by Crippen LogP contribution is 2.30. The summed E-state index contributed by atoms with van der Waals surface area (Å²) in [5, 5.41) is 13.9. The lowest BCUT2D eigenvalue weighted by atomic mass is 9.90. The molecule has 2 aromatic heterocycles. The summed E-state index contributed by atoms with van der Waals surface area (Å²) in [7, 11) is 0. The minimum absolute atomic E-state index is 0.0519. The van der Waals surface area contributed by atoms with Crippen LogP contribution in [0.4, 0.5) is 0 Å². The molecule has 0 unspecified atom stereocenters. The van der Waals surface area contributed by atoms with Gasteiger partial charge in [0.2, 0.25) is 5.88 Å². The van der Waals surface area contributed by atoms with Crippen molar-refractivity contribution in [1.29, 1.82) is 0 Å². The second-order valence-corrected chi connectivity index (χ2v) is 10.6. The Morgan fingerprint density at radius 1 is 1.00 bits per heavy atom. The number of fused-ring (bicyclic) bond motifs is 1. The van der Waals surface area contributed by atoms with Gasteiger partial charge in [0, 0.05) is 25.7 Å². The average molecular weight is 529 g/mol. The predicted molar refractivity (Wildman–Crippen MR) is 149 cm³/mol. The third kappa shape index (κ3) is 6.46. The van der Waals surface area contributed by atoms with Gasteiger partial charge < -0.3 is 19.5 Å². The van der Waals surface area contributed by atoms with Crippen molar-refractivity contribution in [3.63, 3.8) is 0 Å². The Bertz CT molecular complexity index is 1330. The zero-order chi connectivity index (χ0) is 27.2. The number of piperidine rings is 1. The van der Waals surface area contributed by atoms with E-state index in [9.17, 15) is 9.90 Å². The molecule has 1 N–H and O–H groups in total. The maximum atomic E-state index is 11.5. The van der Waals surface area contributed by atoms with Crippen molar-refractivity contribution in [2.45, 2.75) is 50.7 Å². The van der Waals surface area contributed by atoms with Crippen LogP contribution >= 0.6 is 0 Å². The van der Waals surface area contributed by atoms with Crippen molar-refractivity contribution in [2.75, 3.05) is 26.2 Å². The van der Waals surface area contributed by atoms with Crippen molar-refractivity contribution < 1.29 is 19.4 Å². The van der Waals surface area contributed by atoms with Crippen LogP contribution in [0.15, 0.2) is 79.0 Å². The molecule has 1 aliphatic heterocycles. The van der Waals surface area contributed by atoms with Crippen LogP contribution in [0, 0.1) is 0 Å². The van der Waals surface area contributed by atoms with Crippen molar-refractivity contribution >= 4 is 11.6 Å². The van der Waals surface area contributed by atoms with Gasteiger partial charge in [0.15, 0.2) is 5.65 Å². The van der Waals surface area contributed by atoms with Crippen molar-refractivity contribution in [2.24, 2.45) is 0 Å². The molecule has 4 aromatic rings. The van der Waals surface area contributed by atoms with Crippen LogP contribution in [0.25, 0.3) is 5.65 Å². The number of likely N-dealkylation sites (tertiary alicyclic amines) is 1. The number of benzene rings is 2. The summed E-state index contributed by atoms with van der Waals surface area (Å²) in [5.74, 6) is -0.426. The van der Waals surface area contributed by atoms with E-state index in [0.29, 0.717) is 23.8 Å². The average Bonchev–Trinajstić information content (AvgIpc) is 3.40. The zero-order valence-electron chi connectivity index (χ0n) is 22.6. The summed E-state index contributed by atoms with van der Waals surface area (Å²) in [6, 6.07) is 24.5. The summed E-state index contributed by atoms with van der Waals surface area (Å²) in [5.41, 5.74) is 2.35. The number of carboxylic acid groups (broad SMARTS) is 1. The van der Waals surface area contributed by atoms with E-state index in [-0.39, 0.29) is 12.2 Å². The minimum atomic E-state index is -1.09. The number of ether oxygens (including phenoxy) is 2. The number of hydrogen-bond donors (Lipinski definition) is 1. The second-order valence-electron chi connectivity index (χ2n) is 10.6. The van der Waals surface area contributed by atoms with Gasteiger partial charge in [0.05, 0.1) is 24.6 Å². The Morgan fingerprint density at radius 2 is 1.64 bits per heavy atom. The highest BCUT2D eigenvalue weighted by Gasteiger charge is 2.32. The standard InChI is InChI=1S/C31H36N4O4/c1-31(2,30(36)37)26-22-35-27(32-26)14-15-28(33-35)38-21-9-18-34-19-16-25(17-20-34)39-29(23-10-5-3-6-11-23)24-12-7-4-8-13-24/h3-8,10-15,22,25,29H,9,16-21H2,1-2H3,(H,36,37). The fourth-order valence-electron chi connectivity index (χ4n) is 4.88. The number of aliphatic carboxylic acids is 1. The van der Waals surface area contributed by atoms with Crippen LogP contribution in [0.5, 0.6) is 5.88 Å². The number of hydrogen-bond acceptors (Lipinski definition) is 6. The molecule has 204 valence electrons. The van der Waals surface area contributed by atoms with Gasteiger partial charge in [0.1, 0.15) is 11.5 Å². The summed E-state index contributed by atoms with van der Waals surface area (Å²) < 4.78 is 14.1. The molecular weight excluding hydrogens is 492 g/mol. The van der Waals surface area contributed by atoms with Crippen LogP contribution in [0.3, 0.4) is 0 Å². The normalized spacial score (nSPS) is 15.2. The van der Waals surface area contributed by atoms with Crippen LogP contribution < -0.4 is 4.74 Å². The first-order valence-electron chi connectivity index (χ1n) is 13.6. The molecule has 0 atom stereocenters. The fourth-order valence-corrected chi connectivity index (χ4v) is 4.88. The number of carboxylic acids is 1. The van der Waals surface area contributed by atoms with E-state index in [1.165, 1.54) is 11.1 Å². The second kappa shape index (κ2) is 12.0. The van der Waals surface area contributed by atoms with Gasteiger partial charge in [-0.25, -0.2) is 9.50 Å². The Kier molecular flexibility index (Phi) is 8.24. The Morgan fingerprint density at radius 3 is 2.26 bits per heavy atom. The largest absolute Gasteiger partial charge is 0.481 e. The first kappa shape index (κ1) is 26.8. The monoisotopic (exact) mass is 528 g/mol. The lowest BCUT2D eigenvalue weighted by Gasteiger charge is -2.34. The maximum absolute atomic E-state index is 11.5. The smallest absolute Gasteiger partial charge is 0.315 e. The molecule has 1 fully saturated rings. The van der Waals surface area contributed by atoms with Crippen molar-refractivity contribution in [3.8, 4) is 5.88 Å². The van der Waals surface area contributed by atoms with Crippen molar-refractivity contribution in [3.05, 3.63) is 95.8 Å². The first-order chi connectivity index (χ1) is 18.9. The van der Waals surface area contributed by atoms with Crippen LogP contribution in [-0.4, -0.2) is 62.9 Å². The summed E-state index contributed by atoms with van der Waals surface area (Å²) in [6.07, 6.45) is 4.73.